The Kier molecular flexibility index (Phi) is 86.3. The Labute approximate surface area is 745 Å². The number of carboxylic acid groups (broad SMARTS) is 2. The molecule has 1 aliphatic rings. The number of rotatable bonds is 45. The van der Waals surface area contributed by atoms with Gasteiger partial charge >= 0.3 is 18.1 Å². The van der Waals surface area contributed by atoms with Crippen LogP contribution < -0.4 is 65.8 Å². The maximum atomic E-state index is 10.6. The Balaban J connectivity index is -0.000000202. The van der Waals surface area contributed by atoms with Crippen molar-refractivity contribution in [3.63, 3.8) is 0 Å². The Bertz CT molecular complexity index is 2850. The molecule has 0 radical (unpaired) electrons. The van der Waals surface area contributed by atoms with E-state index in [2.05, 4.69) is 170 Å². The molecule has 25 nitrogen and oxygen atoms in total. The van der Waals surface area contributed by atoms with Crippen LogP contribution in [0.2, 0.25) is 0 Å². The molecule has 117 heavy (non-hydrogen) atoms. The van der Waals surface area contributed by atoms with E-state index in [0.717, 1.165) is 121 Å². The zero-order valence-electron chi connectivity index (χ0n) is 75.5. The van der Waals surface area contributed by atoms with Crippen LogP contribution in [0.3, 0.4) is 0 Å². The maximum absolute atomic E-state index is 10.6. The minimum absolute atomic E-state index is 0. The van der Waals surface area contributed by atoms with Crippen molar-refractivity contribution in [2.75, 3.05) is 282 Å². The zero-order chi connectivity index (χ0) is 85.4. The summed E-state index contributed by atoms with van der Waals surface area (Å²) in [6.45, 7) is 48.4. The molecular weight excluding hydrogens is 1710 g/mol. The number of nitrogens with zero attached hydrogens (tertiary/aromatic N) is 10. The molecule has 1 aliphatic heterocycles. The summed E-state index contributed by atoms with van der Waals surface area (Å²) in [6.07, 6.45) is 8.04. The first-order chi connectivity index (χ1) is 52.9. The van der Waals surface area contributed by atoms with Crippen molar-refractivity contribution in [2.24, 2.45) is 0 Å². The molecule has 0 spiro atoms. The second-order valence-corrected chi connectivity index (χ2v) is 32.3. The van der Waals surface area contributed by atoms with E-state index in [9.17, 15) is 26.4 Å². The summed E-state index contributed by atoms with van der Waals surface area (Å²) >= 11 is 0. The second-order valence-electron chi connectivity index (χ2n) is 30.7. The number of carbonyl (C=O) groups is 2. The van der Waals surface area contributed by atoms with Gasteiger partial charge in [0, 0.05) is 119 Å². The van der Waals surface area contributed by atoms with Gasteiger partial charge in [0.05, 0.1) is 171 Å². The summed E-state index contributed by atoms with van der Waals surface area (Å²) in [6, 6.07) is 19.0. The number of hydrogen-bond acceptors (Lipinski definition) is 16. The van der Waals surface area contributed by atoms with Crippen LogP contribution in [-0.4, -0.2) is 365 Å². The standard InChI is InChI=1S/C21H47N4O3.C15H26NO.C14H25N2O.C14H34N2O.C12H17NO3.C5H12O4S.C2HF3O2.CH4.3ClH.HI/c1-22-8-6-9-24(3)13-15-25(4,14-7-10-23(2)12-11-22)16-17-27-20-21-28-19-18-26-5;1-5-16(6-2,7-3)12-14-8-10-15(11-9-14)13-17-4;1-5-16(6-2,7-3)11-13-9-8-10-14(15-13)12-17-4;1-7-15(2,3)12-13-16(4,5)11-9-8-10-14-17-6;1-16-10-2-7-13-8-5-11(6-9-13)3-4-12(14)15;1-9-4-2-3-5-10(6,7)8;3-2(4,5)1(6)7;;;;;/h6-21H2,1-5H3;8-11H,5-7,12-13H2,1-4H3;8-10H,5-7,11-12H2,1-4H3;7-14H2,1-6H3;5-6,8-9H,2-4,7,10H2,1H3;2-5H2,1H3,(H,6,7,8);(H,6,7);1H4;4*1H/q3*+1;+2;;;;;;;;/p-3. The molecule has 0 bridgehead atoms. The molecule has 0 amide bonds. The molecule has 4 rings (SSSR count). The van der Waals surface area contributed by atoms with E-state index in [4.69, 9.17) is 52.7 Å². The van der Waals surface area contributed by atoms with Gasteiger partial charge in [-0.3, -0.25) is 9.35 Å². The number of unbranched alkanes of at least 4 members (excludes halogenated alkanes) is 3. The average Bonchev–Trinajstić information content (AvgIpc) is 0.869. The van der Waals surface area contributed by atoms with Gasteiger partial charge < -0.3 is 146 Å². The summed E-state index contributed by atoms with van der Waals surface area (Å²) in [5, 5.41) is 15.7. The number of carboxylic acids is 2. The third-order valence-electron chi connectivity index (χ3n) is 20.7. The maximum Gasteiger partial charge on any atom is 0.490 e. The molecule has 1 saturated heterocycles. The monoisotopic (exact) mass is 1880 g/mol. The topological polar surface area (TPSA) is 229 Å². The van der Waals surface area contributed by atoms with Crippen LogP contribution in [0.5, 0.6) is 0 Å². The third-order valence-corrected chi connectivity index (χ3v) is 21.5. The minimum Gasteiger partial charge on any atom is -1.00 e. The number of benzene rings is 1. The number of alkyl halides is 3. The molecule has 1 fully saturated rings. The Morgan fingerprint density at radius 1 is 0.521 bits per heavy atom. The number of quaternary nitrogens is 5. The SMILES string of the molecule is C.CC[N+](C)(C)CC[N+](C)(C)CCCCCOC.CC[N+](CC)(CC)Cc1ccc(COC)cc1.CC[N+](CC)(CC)Cc1cccc(COC)n1.COCCCCS(=O)(=O)O.COCCC[n+]1ccc(CCC(=O)O)cc1.COCCOCCOCC[N+]1(C)CCCN(C)CCN(C)CCCN(C)CC1.O=C(O)C(F)(F)F.[Cl-].[Cl-].[Cl-].[I-]. The lowest BCUT2D eigenvalue weighted by Gasteiger charge is -2.37. The minimum atomic E-state index is -5.08. The fourth-order valence-corrected chi connectivity index (χ4v) is 12.3. The van der Waals surface area contributed by atoms with Gasteiger partial charge in [-0.15, -0.1) is 0 Å². The average molecular weight is 1880 g/mol. The van der Waals surface area contributed by atoms with Gasteiger partial charge in [-0.1, -0.05) is 37.8 Å². The third kappa shape index (κ3) is 74.3. The first-order valence-corrected chi connectivity index (χ1v) is 42.3. The van der Waals surface area contributed by atoms with E-state index in [1.54, 1.807) is 42.7 Å². The van der Waals surface area contributed by atoms with E-state index in [1.807, 2.05) is 30.6 Å². The van der Waals surface area contributed by atoms with Crippen molar-refractivity contribution in [2.45, 2.75) is 159 Å². The van der Waals surface area contributed by atoms with Crippen LogP contribution in [0.25, 0.3) is 0 Å². The van der Waals surface area contributed by atoms with Crippen molar-refractivity contribution in [3.8, 4) is 0 Å². The molecule has 3 aromatic rings. The van der Waals surface area contributed by atoms with Crippen molar-refractivity contribution in [3.05, 3.63) is 95.1 Å². The van der Waals surface area contributed by atoms with Gasteiger partial charge in [-0.2, -0.15) is 21.6 Å². The van der Waals surface area contributed by atoms with Crippen LogP contribution in [0, 0.1) is 0 Å². The lowest BCUT2D eigenvalue weighted by atomic mass is 10.1. The summed E-state index contributed by atoms with van der Waals surface area (Å²) < 4.78 is 109. The highest BCUT2D eigenvalue weighted by atomic mass is 127. The van der Waals surface area contributed by atoms with Crippen molar-refractivity contribution in [1.29, 1.82) is 0 Å². The van der Waals surface area contributed by atoms with Crippen molar-refractivity contribution >= 4 is 22.1 Å². The van der Waals surface area contributed by atoms with E-state index >= 15 is 0 Å². The lowest BCUT2D eigenvalue weighted by Crippen LogP contribution is -3.00. The van der Waals surface area contributed by atoms with E-state index in [0.29, 0.717) is 65.5 Å². The zero-order valence-corrected chi connectivity index (χ0v) is 80.8. The molecule has 696 valence electrons. The van der Waals surface area contributed by atoms with Gasteiger partial charge in [-0.05, 0) is 151 Å². The number of pyridine rings is 2. The van der Waals surface area contributed by atoms with Crippen LogP contribution in [-0.2, 0) is 96.9 Å². The Morgan fingerprint density at radius 3 is 1.44 bits per heavy atom. The van der Waals surface area contributed by atoms with Crippen molar-refractivity contribution < 1.29 is 172 Å². The molecule has 0 saturated carbocycles. The predicted molar refractivity (Wildman–Crippen MR) is 451 cm³/mol. The highest BCUT2D eigenvalue weighted by molar-refractivity contribution is 7.85. The molecule has 1 atom stereocenters. The molecule has 1 unspecified atom stereocenters. The predicted octanol–water partition coefficient (Wildman–Crippen LogP) is -0.894. The molecule has 0 aliphatic carbocycles. The fraction of sp³-hybridized carbons (Fsp3) is 0.786. The number of aromatic nitrogens is 2. The smallest absolute Gasteiger partial charge is 0.490 e. The van der Waals surface area contributed by atoms with Gasteiger partial charge in [-0.25, -0.2) is 14.3 Å². The fourth-order valence-electron chi connectivity index (χ4n) is 11.8. The summed E-state index contributed by atoms with van der Waals surface area (Å²) in [5.74, 6) is -3.68. The van der Waals surface area contributed by atoms with Gasteiger partial charge in [0.2, 0.25) is 0 Å². The first-order valence-electron chi connectivity index (χ1n) is 40.7. The number of halogens is 7. The van der Waals surface area contributed by atoms with Crippen LogP contribution in [0.1, 0.15) is 142 Å². The number of ether oxygens (including phenoxy) is 8. The van der Waals surface area contributed by atoms with Gasteiger partial charge in [0.1, 0.15) is 32.7 Å². The van der Waals surface area contributed by atoms with E-state index in [1.165, 1.54) is 132 Å². The largest absolute Gasteiger partial charge is 1.00 e. The lowest BCUT2D eigenvalue weighted by molar-refractivity contribution is -0.945. The molecule has 33 heteroatoms. The van der Waals surface area contributed by atoms with Crippen LogP contribution >= 0.6 is 0 Å². The Morgan fingerprint density at radius 2 is 0.966 bits per heavy atom. The first kappa shape index (κ1) is 130. The molecular formula is C84H167Cl3F3IN10O15S+2. The summed E-state index contributed by atoms with van der Waals surface area (Å²) in [5.41, 5.74) is 5.93. The second kappa shape index (κ2) is 77.9. The van der Waals surface area contributed by atoms with Gasteiger partial charge in [0.15, 0.2) is 18.9 Å². The highest BCUT2D eigenvalue weighted by Gasteiger charge is 2.38. The normalized spacial score (nSPS) is 14.5. The van der Waals surface area contributed by atoms with Crippen molar-refractivity contribution in [1.82, 2.24) is 19.7 Å². The molecule has 2 aromatic heterocycles. The number of aliphatic carboxylic acids is 2. The quantitative estimate of drug-likeness (QED) is 0.0205. The van der Waals surface area contributed by atoms with Gasteiger partial charge in [0.25, 0.3) is 10.1 Å². The molecule has 3 heterocycles. The summed E-state index contributed by atoms with van der Waals surface area (Å²) in [4.78, 5) is 31.4. The number of aryl methyl sites for hydroxylation is 2. The van der Waals surface area contributed by atoms with Crippen LogP contribution in [0.15, 0.2) is 67.0 Å². The Hall–Kier alpha value is -2.88. The van der Waals surface area contributed by atoms with Crippen LogP contribution in [0.4, 0.5) is 13.2 Å². The summed E-state index contributed by atoms with van der Waals surface area (Å²) in [7, 11) is 24.9. The number of hydrogen-bond donors (Lipinski definition) is 3. The molecule has 1 aromatic carbocycles. The van der Waals surface area contributed by atoms with E-state index in [-0.39, 0.29) is 80.8 Å². The van der Waals surface area contributed by atoms with E-state index < -0.39 is 28.2 Å². The molecule has 3 N–H and O–H groups in total. The number of likely N-dealkylation sites (N-methyl/N-ethyl adjacent to an activating group) is 6. The highest BCUT2D eigenvalue weighted by Crippen LogP contribution is 2.18. The number of methoxy groups -OCH3 is 6.